The van der Waals surface area contributed by atoms with E-state index < -0.39 is 0 Å². The van der Waals surface area contributed by atoms with Gasteiger partial charge >= 0.3 is 0 Å². The zero-order valence-electron chi connectivity index (χ0n) is 9.95. The van der Waals surface area contributed by atoms with E-state index in [-0.39, 0.29) is 6.04 Å². The molecule has 1 aromatic heterocycles. The van der Waals surface area contributed by atoms with Gasteiger partial charge in [-0.2, -0.15) is 0 Å². The number of thiophene rings is 1. The first-order chi connectivity index (χ1) is 7.61. The Balaban J connectivity index is 2.46. The molecule has 0 bridgehead atoms. The summed E-state index contributed by atoms with van der Waals surface area (Å²) in [6.07, 6.45) is 0. The average Bonchev–Trinajstić information content (AvgIpc) is 2.68. The first-order valence-corrected chi connectivity index (χ1v) is 6.35. The fraction of sp³-hybridized carbons (Fsp3) is 0.286. The molecule has 1 unspecified atom stereocenters. The summed E-state index contributed by atoms with van der Waals surface area (Å²) in [5.41, 5.74) is 11.4. The Bertz CT molecular complexity index is 499. The van der Waals surface area contributed by atoms with Crippen LogP contribution in [-0.4, -0.2) is 0 Å². The van der Waals surface area contributed by atoms with Crippen LogP contribution in [0.1, 0.15) is 33.2 Å². The first-order valence-electron chi connectivity index (χ1n) is 5.47. The minimum Gasteiger partial charge on any atom is -0.320 e. The van der Waals surface area contributed by atoms with Crippen LogP contribution in [0, 0.1) is 20.8 Å². The summed E-state index contributed by atoms with van der Waals surface area (Å²) in [5, 5.41) is 2.11. The van der Waals surface area contributed by atoms with Crippen LogP contribution in [0.15, 0.2) is 29.6 Å². The normalized spacial score (nSPS) is 12.8. The molecule has 0 saturated heterocycles. The van der Waals surface area contributed by atoms with Gasteiger partial charge < -0.3 is 5.73 Å². The van der Waals surface area contributed by atoms with E-state index in [1.807, 2.05) is 0 Å². The summed E-state index contributed by atoms with van der Waals surface area (Å²) < 4.78 is 0. The van der Waals surface area contributed by atoms with Crippen LogP contribution < -0.4 is 5.73 Å². The number of rotatable bonds is 2. The molecule has 16 heavy (non-hydrogen) atoms. The number of nitrogens with two attached hydrogens (primary N) is 1. The average molecular weight is 231 g/mol. The third-order valence-electron chi connectivity index (χ3n) is 3.22. The Morgan fingerprint density at radius 2 is 1.81 bits per heavy atom. The molecule has 0 fully saturated rings. The molecule has 84 valence electrons. The predicted molar refractivity (Wildman–Crippen MR) is 71.0 cm³/mol. The van der Waals surface area contributed by atoms with Gasteiger partial charge in [-0.15, -0.1) is 11.3 Å². The van der Waals surface area contributed by atoms with Crippen molar-refractivity contribution in [2.24, 2.45) is 5.73 Å². The molecule has 2 aromatic rings. The fourth-order valence-corrected chi connectivity index (χ4v) is 2.75. The molecule has 2 N–H and O–H groups in total. The van der Waals surface area contributed by atoms with Gasteiger partial charge in [0.25, 0.3) is 0 Å². The van der Waals surface area contributed by atoms with Crippen LogP contribution >= 0.6 is 11.3 Å². The fourth-order valence-electron chi connectivity index (χ4n) is 2.00. The second kappa shape index (κ2) is 4.40. The summed E-state index contributed by atoms with van der Waals surface area (Å²) in [6.45, 7) is 6.41. The highest BCUT2D eigenvalue weighted by Crippen LogP contribution is 2.28. The summed E-state index contributed by atoms with van der Waals surface area (Å²) in [6, 6.07) is 8.48. The van der Waals surface area contributed by atoms with Crippen molar-refractivity contribution >= 4 is 11.3 Å². The summed E-state index contributed by atoms with van der Waals surface area (Å²) in [5.74, 6) is 0. The third-order valence-corrected chi connectivity index (χ3v) is 4.08. The maximum absolute atomic E-state index is 6.34. The SMILES string of the molecule is Cc1cccc(C(N)c2ccsc2C)c1C. The van der Waals surface area contributed by atoms with Gasteiger partial charge in [0.2, 0.25) is 0 Å². The van der Waals surface area contributed by atoms with Gasteiger partial charge in [0, 0.05) is 4.88 Å². The lowest BCUT2D eigenvalue weighted by molar-refractivity contribution is 0.857. The molecular formula is C14H17NS. The smallest absolute Gasteiger partial charge is 0.0565 e. The van der Waals surface area contributed by atoms with E-state index in [2.05, 4.69) is 50.4 Å². The second-order valence-corrected chi connectivity index (χ2v) is 5.32. The monoisotopic (exact) mass is 231 g/mol. The molecule has 2 heteroatoms. The van der Waals surface area contributed by atoms with E-state index in [1.54, 1.807) is 11.3 Å². The Hall–Kier alpha value is -1.12. The van der Waals surface area contributed by atoms with Gasteiger partial charge in [-0.3, -0.25) is 0 Å². The van der Waals surface area contributed by atoms with E-state index >= 15 is 0 Å². The molecule has 0 aliphatic rings. The van der Waals surface area contributed by atoms with Crippen LogP contribution in [0.2, 0.25) is 0 Å². The maximum Gasteiger partial charge on any atom is 0.0565 e. The van der Waals surface area contributed by atoms with Crippen molar-refractivity contribution in [1.29, 1.82) is 0 Å². The molecular weight excluding hydrogens is 214 g/mol. The van der Waals surface area contributed by atoms with Crippen LogP contribution in [0.4, 0.5) is 0 Å². The van der Waals surface area contributed by atoms with Gasteiger partial charge in [0.05, 0.1) is 6.04 Å². The van der Waals surface area contributed by atoms with Crippen LogP contribution in [0.25, 0.3) is 0 Å². The van der Waals surface area contributed by atoms with E-state index in [0.29, 0.717) is 0 Å². The zero-order valence-corrected chi connectivity index (χ0v) is 10.8. The van der Waals surface area contributed by atoms with Crippen LogP contribution in [-0.2, 0) is 0 Å². The predicted octanol–water partition coefficient (Wildman–Crippen LogP) is 3.72. The van der Waals surface area contributed by atoms with E-state index in [1.165, 1.54) is 27.1 Å². The summed E-state index contributed by atoms with van der Waals surface area (Å²) in [7, 11) is 0. The number of hydrogen-bond acceptors (Lipinski definition) is 2. The van der Waals surface area contributed by atoms with Crippen molar-refractivity contribution in [3.63, 3.8) is 0 Å². The van der Waals surface area contributed by atoms with Crippen molar-refractivity contribution in [1.82, 2.24) is 0 Å². The van der Waals surface area contributed by atoms with E-state index in [9.17, 15) is 0 Å². The summed E-state index contributed by atoms with van der Waals surface area (Å²) in [4.78, 5) is 1.31. The standard InChI is InChI=1S/C14H17NS/c1-9-5-4-6-12(10(9)2)14(15)13-7-8-16-11(13)3/h4-8,14H,15H2,1-3H3. The topological polar surface area (TPSA) is 26.0 Å². The molecule has 0 spiro atoms. The highest BCUT2D eigenvalue weighted by Gasteiger charge is 2.14. The summed E-state index contributed by atoms with van der Waals surface area (Å²) >= 11 is 1.76. The minimum absolute atomic E-state index is 0.00569. The largest absolute Gasteiger partial charge is 0.320 e. The van der Waals surface area contributed by atoms with Crippen molar-refractivity contribution in [2.75, 3.05) is 0 Å². The molecule has 1 nitrogen and oxygen atoms in total. The third kappa shape index (κ3) is 1.91. The molecule has 1 aromatic carbocycles. The molecule has 1 heterocycles. The second-order valence-electron chi connectivity index (χ2n) is 4.20. The molecule has 0 aliphatic heterocycles. The quantitative estimate of drug-likeness (QED) is 0.837. The Morgan fingerprint density at radius 3 is 2.44 bits per heavy atom. The van der Waals surface area contributed by atoms with Gasteiger partial charge in [0.1, 0.15) is 0 Å². The van der Waals surface area contributed by atoms with Crippen LogP contribution in [0.5, 0.6) is 0 Å². The van der Waals surface area contributed by atoms with Gasteiger partial charge in [-0.1, -0.05) is 18.2 Å². The molecule has 2 rings (SSSR count). The lowest BCUT2D eigenvalue weighted by Gasteiger charge is -2.16. The Kier molecular flexibility index (Phi) is 3.13. The highest BCUT2D eigenvalue weighted by molar-refractivity contribution is 7.10. The first kappa shape index (κ1) is 11.4. The number of benzene rings is 1. The maximum atomic E-state index is 6.34. The molecule has 1 atom stereocenters. The number of hydrogen-bond donors (Lipinski definition) is 1. The molecule has 0 radical (unpaired) electrons. The Morgan fingerprint density at radius 1 is 1.06 bits per heavy atom. The van der Waals surface area contributed by atoms with Gasteiger partial charge in [0.15, 0.2) is 0 Å². The highest BCUT2D eigenvalue weighted by atomic mass is 32.1. The van der Waals surface area contributed by atoms with Crippen LogP contribution in [0.3, 0.4) is 0 Å². The molecule has 0 amide bonds. The van der Waals surface area contributed by atoms with Gasteiger partial charge in [-0.25, -0.2) is 0 Å². The van der Waals surface area contributed by atoms with E-state index in [4.69, 9.17) is 5.73 Å². The van der Waals surface area contributed by atoms with Gasteiger partial charge in [-0.05, 0) is 54.5 Å². The van der Waals surface area contributed by atoms with Crippen molar-refractivity contribution < 1.29 is 0 Å². The zero-order chi connectivity index (χ0) is 11.7. The van der Waals surface area contributed by atoms with Crippen molar-refractivity contribution in [3.05, 3.63) is 56.8 Å². The lowest BCUT2D eigenvalue weighted by Crippen LogP contribution is -2.13. The number of aryl methyl sites for hydroxylation is 2. The van der Waals surface area contributed by atoms with Crippen molar-refractivity contribution in [2.45, 2.75) is 26.8 Å². The van der Waals surface area contributed by atoms with Crippen molar-refractivity contribution in [3.8, 4) is 0 Å². The molecule has 0 aliphatic carbocycles. The molecule has 0 saturated carbocycles. The lowest BCUT2D eigenvalue weighted by atomic mass is 9.94. The minimum atomic E-state index is 0.00569. The Labute approximate surface area is 101 Å². The van der Waals surface area contributed by atoms with E-state index in [0.717, 1.165) is 0 Å².